The molecular weight excluding hydrogens is 246 g/mol. The molecule has 0 N–H and O–H groups in total. The van der Waals surface area contributed by atoms with Gasteiger partial charge in [0.1, 0.15) is 5.78 Å². The quantitative estimate of drug-likeness (QED) is 0.843. The number of benzene rings is 1. The maximum Gasteiger partial charge on any atom is 0.137 e. The Hall–Kier alpha value is -1.96. The van der Waals surface area contributed by atoms with Gasteiger partial charge in [-0.15, -0.1) is 0 Å². The first-order valence-electron chi connectivity index (χ1n) is 7.31. The van der Waals surface area contributed by atoms with Gasteiger partial charge >= 0.3 is 0 Å². The summed E-state index contributed by atoms with van der Waals surface area (Å²) < 4.78 is 0. The van der Waals surface area contributed by atoms with Crippen LogP contribution in [-0.4, -0.2) is 10.8 Å². The molecule has 1 aromatic heterocycles. The van der Waals surface area contributed by atoms with Crippen LogP contribution in [-0.2, 0) is 17.6 Å². The molecule has 2 aromatic rings. The Morgan fingerprint density at radius 3 is 2.80 bits per heavy atom. The van der Waals surface area contributed by atoms with Crippen molar-refractivity contribution in [2.45, 2.75) is 38.0 Å². The van der Waals surface area contributed by atoms with E-state index >= 15 is 0 Å². The summed E-state index contributed by atoms with van der Waals surface area (Å²) in [5.74, 6) is 0.743. The first-order chi connectivity index (χ1) is 9.83. The number of hydrogen-bond donors (Lipinski definition) is 0. The minimum Gasteiger partial charge on any atom is -0.299 e. The normalized spacial score (nSPS) is 17.5. The Bertz CT molecular complexity index is 591. The van der Waals surface area contributed by atoms with Crippen LogP contribution in [0.3, 0.4) is 0 Å². The molecule has 102 valence electrons. The molecule has 1 aromatic carbocycles. The summed E-state index contributed by atoms with van der Waals surface area (Å²) in [4.78, 5) is 16.3. The zero-order chi connectivity index (χ0) is 13.8. The van der Waals surface area contributed by atoms with Gasteiger partial charge in [-0.3, -0.25) is 9.78 Å². The van der Waals surface area contributed by atoms with Gasteiger partial charge in [0.15, 0.2) is 0 Å². The van der Waals surface area contributed by atoms with Crippen molar-refractivity contribution in [3.05, 3.63) is 65.5 Å². The number of carbonyl (C=O) groups excluding carboxylic acids is 1. The van der Waals surface area contributed by atoms with E-state index in [1.54, 1.807) is 12.4 Å². The Kier molecular flexibility index (Phi) is 3.91. The van der Waals surface area contributed by atoms with Crippen molar-refractivity contribution in [1.29, 1.82) is 0 Å². The number of rotatable bonds is 4. The fraction of sp³-hybridized carbons (Fsp3) is 0.333. The van der Waals surface area contributed by atoms with E-state index in [0.717, 1.165) is 18.4 Å². The first-order valence-corrected chi connectivity index (χ1v) is 7.31. The molecule has 0 saturated carbocycles. The van der Waals surface area contributed by atoms with Crippen molar-refractivity contribution in [1.82, 2.24) is 4.98 Å². The number of Topliss-reactive ketones (excluding diaryl/α,β-unsaturated/α-hetero) is 1. The lowest BCUT2D eigenvalue weighted by Crippen LogP contribution is -2.15. The standard InChI is InChI=1S/C18H19NO/c20-17(12-14-8-10-19-11-9-14)13-16-6-3-5-15-4-1-2-7-18(15)16/h1-2,4,7-11,16H,3,5-6,12-13H2. The molecule has 0 radical (unpaired) electrons. The predicted octanol–water partition coefficient (Wildman–Crippen LogP) is 3.70. The molecule has 1 aliphatic rings. The summed E-state index contributed by atoms with van der Waals surface area (Å²) in [6.45, 7) is 0. The molecule has 1 unspecified atom stereocenters. The third kappa shape index (κ3) is 2.96. The maximum absolute atomic E-state index is 12.3. The second kappa shape index (κ2) is 6.00. The number of aryl methyl sites for hydroxylation is 1. The molecule has 1 atom stereocenters. The Morgan fingerprint density at radius 2 is 1.95 bits per heavy atom. The Morgan fingerprint density at radius 1 is 1.15 bits per heavy atom. The molecule has 20 heavy (non-hydrogen) atoms. The van der Waals surface area contributed by atoms with E-state index < -0.39 is 0 Å². The van der Waals surface area contributed by atoms with Crippen LogP contribution in [0.2, 0.25) is 0 Å². The van der Waals surface area contributed by atoms with Crippen LogP contribution in [0.5, 0.6) is 0 Å². The van der Waals surface area contributed by atoms with Crippen molar-refractivity contribution in [2.24, 2.45) is 0 Å². The molecule has 0 saturated heterocycles. The summed E-state index contributed by atoms with van der Waals surface area (Å²) in [6, 6.07) is 12.4. The number of pyridine rings is 1. The van der Waals surface area contributed by atoms with Crippen molar-refractivity contribution in [3.8, 4) is 0 Å². The highest BCUT2D eigenvalue weighted by molar-refractivity contribution is 5.81. The van der Waals surface area contributed by atoms with Crippen molar-refractivity contribution in [2.75, 3.05) is 0 Å². The summed E-state index contributed by atoms with van der Waals surface area (Å²) in [5, 5.41) is 0. The van der Waals surface area contributed by atoms with Gasteiger partial charge < -0.3 is 0 Å². The average molecular weight is 265 g/mol. The lowest BCUT2D eigenvalue weighted by Gasteiger charge is -2.24. The zero-order valence-electron chi connectivity index (χ0n) is 11.6. The second-order valence-corrected chi connectivity index (χ2v) is 5.56. The van der Waals surface area contributed by atoms with Gasteiger partial charge in [0.2, 0.25) is 0 Å². The van der Waals surface area contributed by atoms with Gasteiger partial charge in [0.05, 0.1) is 0 Å². The third-order valence-electron chi connectivity index (χ3n) is 4.12. The monoisotopic (exact) mass is 265 g/mol. The largest absolute Gasteiger partial charge is 0.299 e. The van der Waals surface area contributed by atoms with Gasteiger partial charge in [-0.2, -0.15) is 0 Å². The first kappa shape index (κ1) is 13.0. The van der Waals surface area contributed by atoms with Gasteiger partial charge in [-0.25, -0.2) is 0 Å². The number of hydrogen-bond acceptors (Lipinski definition) is 2. The predicted molar refractivity (Wildman–Crippen MR) is 79.7 cm³/mol. The lowest BCUT2D eigenvalue weighted by molar-refractivity contribution is -0.118. The second-order valence-electron chi connectivity index (χ2n) is 5.56. The maximum atomic E-state index is 12.3. The van der Waals surface area contributed by atoms with Crippen LogP contribution in [0, 0.1) is 0 Å². The highest BCUT2D eigenvalue weighted by Gasteiger charge is 2.22. The summed E-state index contributed by atoms with van der Waals surface area (Å²) in [6.07, 6.45) is 8.19. The molecule has 0 aliphatic heterocycles. The molecule has 2 heteroatoms. The van der Waals surface area contributed by atoms with Crippen molar-refractivity contribution < 1.29 is 4.79 Å². The number of fused-ring (bicyclic) bond motifs is 1. The van der Waals surface area contributed by atoms with Crippen LogP contribution in [0.15, 0.2) is 48.8 Å². The van der Waals surface area contributed by atoms with Crippen LogP contribution in [0.1, 0.15) is 41.9 Å². The Balaban J connectivity index is 1.68. The highest BCUT2D eigenvalue weighted by Crippen LogP contribution is 2.34. The van der Waals surface area contributed by atoms with Crippen molar-refractivity contribution in [3.63, 3.8) is 0 Å². The van der Waals surface area contributed by atoms with Crippen LogP contribution in [0.4, 0.5) is 0 Å². The average Bonchev–Trinajstić information content (AvgIpc) is 2.48. The molecule has 0 spiro atoms. The summed E-state index contributed by atoms with van der Waals surface area (Å²) >= 11 is 0. The van der Waals surface area contributed by atoms with Crippen LogP contribution in [0.25, 0.3) is 0 Å². The fourth-order valence-corrected chi connectivity index (χ4v) is 3.14. The molecule has 3 rings (SSSR count). The van der Waals surface area contributed by atoms with E-state index in [2.05, 4.69) is 29.2 Å². The minimum atomic E-state index is 0.331. The highest BCUT2D eigenvalue weighted by atomic mass is 16.1. The van der Waals surface area contributed by atoms with Gasteiger partial charge in [-0.05, 0) is 54.0 Å². The number of ketones is 1. The topological polar surface area (TPSA) is 30.0 Å². The molecule has 1 heterocycles. The number of nitrogens with zero attached hydrogens (tertiary/aromatic N) is 1. The SMILES string of the molecule is O=C(Cc1ccncc1)CC1CCCc2ccccc21. The van der Waals surface area contributed by atoms with E-state index in [0.29, 0.717) is 24.5 Å². The van der Waals surface area contributed by atoms with Crippen LogP contribution >= 0.6 is 0 Å². The Labute approximate surface area is 119 Å². The number of carbonyl (C=O) groups is 1. The minimum absolute atomic E-state index is 0.331. The van der Waals surface area contributed by atoms with Crippen LogP contribution < -0.4 is 0 Å². The lowest BCUT2D eigenvalue weighted by atomic mass is 9.80. The molecular formula is C18H19NO. The summed E-state index contributed by atoms with van der Waals surface area (Å²) in [5.41, 5.74) is 3.89. The molecule has 1 aliphatic carbocycles. The molecule has 2 nitrogen and oxygen atoms in total. The van der Waals surface area contributed by atoms with E-state index in [1.807, 2.05) is 12.1 Å². The van der Waals surface area contributed by atoms with E-state index in [4.69, 9.17) is 0 Å². The van der Waals surface area contributed by atoms with Gasteiger partial charge in [0.25, 0.3) is 0 Å². The fourth-order valence-electron chi connectivity index (χ4n) is 3.14. The number of aromatic nitrogens is 1. The van der Waals surface area contributed by atoms with Crippen molar-refractivity contribution >= 4 is 5.78 Å². The zero-order valence-corrected chi connectivity index (χ0v) is 11.6. The van der Waals surface area contributed by atoms with E-state index in [9.17, 15) is 4.79 Å². The van der Waals surface area contributed by atoms with Gasteiger partial charge in [0, 0.05) is 25.2 Å². The molecule has 0 fully saturated rings. The third-order valence-corrected chi connectivity index (χ3v) is 4.12. The molecule has 0 bridgehead atoms. The smallest absolute Gasteiger partial charge is 0.137 e. The summed E-state index contributed by atoms with van der Waals surface area (Å²) in [7, 11) is 0. The van der Waals surface area contributed by atoms with Gasteiger partial charge in [-0.1, -0.05) is 24.3 Å². The molecule has 0 amide bonds. The van der Waals surface area contributed by atoms with E-state index in [-0.39, 0.29) is 0 Å². The van der Waals surface area contributed by atoms with E-state index in [1.165, 1.54) is 17.5 Å².